The van der Waals surface area contributed by atoms with E-state index >= 15 is 0 Å². The van der Waals surface area contributed by atoms with Crippen molar-refractivity contribution >= 4 is 45.4 Å². The summed E-state index contributed by atoms with van der Waals surface area (Å²) in [5.74, 6) is -3.20. The van der Waals surface area contributed by atoms with Crippen LogP contribution in [-0.2, 0) is 49.4 Å². The molecule has 1 aromatic heterocycles. The topological polar surface area (TPSA) is 230 Å². The Kier molecular flexibility index (Phi) is 15.7. The molecule has 0 spiro atoms. The van der Waals surface area contributed by atoms with Crippen LogP contribution in [0.25, 0.3) is 10.2 Å². The molecule has 17 heteroatoms. The van der Waals surface area contributed by atoms with Crippen LogP contribution in [0, 0.1) is 24.2 Å². The van der Waals surface area contributed by atoms with E-state index in [1.165, 1.54) is 30.3 Å². The van der Waals surface area contributed by atoms with Crippen LogP contribution in [0.2, 0.25) is 0 Å². The second-order valence-electron chi connectivity index (χ2n) is 17.6. The molecule has 348 valence electrons. The van der Waals surface area contributed by atoms with E-state index in [1.54, 1.807) is 31.3 Å². The molecule has 3 aliphatic heterocycles. The summed E-state index contributed by atoms with van der Waals surface area (Å²) in [4.78, 5) is 59.1. The Hall–Kier alpha value is -4.75. The summed E-state index contributed by atoms with van der Waals surface area (Å²) in [6.07, 6.45) is -8.14. The van der Waals surface area contributed by atoms with Crippen LogP contribution in [0.15, 0.2) is 67.8 Å². The average Bonchev–Trinajstić information content (AvgIpc) is 3.73. The molecule has 3 aliphatic rings. The molecule has 3 fully saturated rings. The number of cyclic esters (lactones) is 1. The van der Waals surface area contributed by atoms with Gasteiger partial charge in [-0.05, 0) is 88.3 Å². The zero-order chi connectivity index (χ0) is 46.5. The van der Waals surface area contributed by atoms with Crippen molar-refractivity contribution in [3.63, 3.8) is 0 Å². The molecule has 6 rings (SSSR count). The lowest BCUT2D eigenvalue weighted by Crippen LogP contribution is -2.61. The Balaban J connectivity index is 1.18. The van der Waals surface area contributed by atoms with Crippen LogP contribution in [0.1, 0.15) is 88.5 Å². The second-order valence-corrected chi connectivity index (χ2v) is 18.8. The van der Waals surface area contributed by atoms with Crippen molar-refractivity contribution in [3.05, 3.63) is 83.9 Å². The third kappa shape index (κ3) is 11.4. The number of ether oxygens (including phenoxy) is 7. The fraction of sp³-hybridized carbons (Fsp3) is 0.553. The Morgan fingerprint density at radius 1 is 0.969 bits per heavy atom. The first-order valence-electron chi connectivity index (χ1n) is 21.5. The molecule has 0 bridgehead atoms. The van der Waals surface area contributed by atoms with E-state index < -0.39 is 96.2 Å². The number of ketones is 1. The number of esters is 2. The number of benzene rings is 2. The van der Waals surface area contributed by atoms with E-state index in [0.717, 1.165) is 27.2 Å². The molecule has 64 heavy (non-hydrogen) atoms. The van der Waals surface area contributed by atoms with E-state index in [4.69, 9.17) is 33.2 Å². The van der Waals surface area contributed by atoms with E-state index in [2.05, 4.69) is 18.1 Å². The molecule has 12 atom stereocenters. The Bertz CT molecular complexity index is 2160. The molecule has 4 N–H and O–H groups in total. The zero-order valence-electron chi connectivity index (χ0n) is 36.8. The summed E-state index contributed by atoms with van der Waals surface area (Å²) in [6.45, 7) is 15.8. The first-order valence-corrected chi connectivity index (χ1v) is 22.3. The molecular formula is C47H59NO15S. The Morgan fingerprint density at radius 3 is 2.41 bits per heavy atom. The third-order valence-corrected chi connectivity index (χ3v) is 13.4. The van der Waals surface area contributed by atoms with Gasteiger partial charge in [-0.1, -0.05) is 50.3 Å². The maximum Gasteiger partial charge on any atom is 0.508 e. The fourth-order valence-corrected chi connectivity index (χ4v) is 9.14. The van der Waals surface area contributed by atoms with Crippen LogP contribution in [0.5, 0.6) is 5.75 Å². The number of epoxide rings is 1. The molecule has 0 unspecified atom stereocenters. The van der Waals surface area contributed by atoms with Crippen molar-refractivity contribution in [3.8, 4) is 5.75 Å². The van der Waals surface area contributed by atoms with Crippen molar-refractivity contribution in [2.24, 2.45) is 17.3 Å². The van der Waals surface area contributed by atoms with Gasteiger partial charge < -0.3 is 53.6 Å². The molecule has 0 aliphatic carbocycles. The van der Waals surface area contributed by atoms with Gasteiger partial charge in [0.1, 0.15) is 55.3 Å². The minimum atomic E-state index is -1.79. The number of hydrogen-bond donors (Lipinski definition) is 4. The molecule has 16 nitrogen and oxygen atoms in total. The molecule has 0 radical (unpaired) electrons. The van der Waals surface area contributed by atoms with Crippen LogP contribution in [-0.4, -0.2) is 111 Å². The summed E-state index contributed by atoms with van der Waals surface area (Å²) in [5, 5.41) is 43.6. The molecule has 0 amide bonds. The highest BCUT2D eigenvalue weighted by Crippen LogP contribution is 2.47. The predicted octanol–water partition coefficient (Wildman–Crippen LogP) is 5.73. The van der Waals surface area contributed by atoms with Crippen molar-refractivity contribution in [1.29, 1.82) is 0 Å². The summed E-state index contributed by atoms with van der Waals surface area (Å²) in [6, 6.07) is 11.7. The molecular weight excluding hydrogens is 851 g/mol. The van der Waals surface area contributed by atoms with Gasteiger partial charge in [-0.2, -0.15) is 0 Å². The molecule has 3 saturated heterocycles. The van der Waals surface area contributed by atoms with Crippen LogP contribution in [0.3, 0.4) is 0 Å². The van der Waals surface area contributed by atoms with Crippen molar-refractivity contribution < 1.29 is 72.8 Å². The van der Waals surface area contributed by atoms with Crippen molar-refractivity contribution in [1.82, 2.24) is 4.98 Å². The average molecular weight is 910 g/mol. The highest BCUT2D eigenvalue weighted by molar-refractivity contribution is 7.18. The van der Waals surface area contributed by atoms with Gasteiger partial charge in [-0.3, -0.25) is 9.59 Å². The minimum absolute atomic E-state index is 0.130. The minimum Gasteiger partial charge on any atom is -0.462 e. The first kappa shape index (κ1) is 48.7. The summed E-state index contributed by atoms with van der Waals surface area (Å²) >= 11 is 1.56. The van der Waals surface area contributed by atoms with Crippen LogP contribution in [0.4, 0.5) is 4.79 Å². The normalized spacial score (nSPS) is 32.4. The highest BCUT2D eigenvalue weighted by atomic mass is 32.1. The lowest BCUT2D eigenvalue weighted by atomic mass is 9.71. The van der Waals surface area contributed by atoms with E-state index in [0.29, 0.717) is 24.8 Å². The highest BCUT2D eigenvalue weighted by Gasteiger charge is 2.54. The number of aryl methyl sites for hydroxylation is 1. The maximum atomic E-state index is 14.5. The molecule has 4 heterocycles. The molecule has 3 aromatic rings. The summed E-state index contributed by atoms with van der Waals surface area (Å²) in [5.41, 5.74) is -0.0268. The third-order valence-electron chi connectivity index (χ3n) is 12.4. The smallest absolute Gasteiger partial charge is 0.462 e. The standard InChI is InChI=1S/C47H59NO15S/c1-8-11-30-37(50)25(3)12-10-19-47(7)35(63-47)22-32(28-15-18-33-31(21-28)48-26(4)64-33)60-36(49)23-34(46(5,6)42(30)54)61-45(56)58-24-27-13-16-29(17-14-27)59-44-40(53)38(51)39(52)41(62-44)43(55)57-20-9-2/h8-9,13-18,21,25,30,32,34-35,37-41,44,50-53H,1-2,10-12,19-20,22-24H2,3-7H3/t25-,30+,32-,34-,35-,37-,38-,39-,40+,41-,44+,47+/m0/s1. The second kappa shape index (κ2) is 20.6. The summed E-state index contributed by atoms with van der Waals surface area (Å²) < 4.78 is 40.8. The van der Waals surface area contributed by atoms with Gasteiger partial charge in [0.25, 0.3) is 0 Å². The van der Waals surface area contributed by atoms with Gasteiger partial charge in [0, 0.05) is 12.3 Å². The zero-order valence-corrected chi connectivity index (χ0v) is 37.6. The maximum absolute atomic E-state index is 14.5. The monoisotopic (exact) mass is 909 g/mol. The largest absolute Gasteiger partial charge is 0.508 e. The van der Waals surface area contributed by atoms with Gasteiger partial charge >= 0.3 is 18.1 Å². The lowest BCUT2D eigenvalue weighted by Gasteiger charge is -2.38. The van der Waals surface area contributed by atoms with E-state index in [-0.39, 0.29) is 37.4 Å². The van der Waals surface area contributed by atoms with Crippen LogP contribution >= 0.6 is 11.3 Å². The number of fused-ring (bicyclic) bond motifs is 2. The first-order chi connectivity index (χ1) is 30.3. The SMILES string of the molecule is C=CCOC(=O)[C@H]1O[C@@H](Oc2ccc(COC(=O)O[C@H]3CC(=O)O[C@H](c4ccc5sc(C)nc5c4)C[C@@H]4O[C@]4(C)CCC[C@H](C)[C@H](O)[C@@H](CC=C)C(=O)C3(C)C)cc2)[C@H](O)[C@@H](O)[C@@H]1O. The lowest BCUT2D eigenvalue weighted by molar-refractivity contribution is -0.272. The Labute approximate surface area is 376 Å². The predicted molar refractivity (Wildman–Crippen MR) is 232 cm³/mol. The number of rotatable bonds is 11. The number of aliphatic hydroxyl groups is 4. The number of hydrogen-bond acceptors (Lipinski definition) is 17. The molecule has 0 saturated carbocycles. The number of allylic oxidation sites excluding steroid dienone is 1. The number of aliphatic hydroxyl groups excluding tert-OH is 4. The van der Waals surface area contributed by atoms with Gasteiger partial charge in [-0.25, -0.2) is 14.6 Å². The van der Waals surface area contributed by atoms with Crippen LogP contribution < -0.4 is 4.74 Å². The van der Waals surface area contributed by atoms with E-state index in [1.807, 2.05) is 39.0 Å². The van der Waals surface area contributed by atoms with E-state index in [9.17, 15) is 39.6 Å². The quantitative estimate of drug-likeness (QED) is 0.0779. The number of Topliss-reactive ketones (excluding diaryl/α,β-unsaturated/α-hetero) is 1. The number of thiazole rings is 1. The number of aromatic nitrogens is 1. The number of carbonyl (C=O) groups excluding carboxylic acids is 4. The van der Waals surface area contributed by atoms with Gasteiger partial charge in [-0.15, -0.1) is 17.9 Å². The number of carbonyl (C=O) groups is 4. The number of nitrogens with zero attached hydrogens (tertiary/aromatic N) is 1. The fourth-order valence-electron chi connectivity index (χ4n) is 8.33. The summed E-state index contributed by atoms with van der Waals surface area (Å²) in [7, 11) is 0. The van der Waals surface area contributed by atoms with Gasteiger partial charge in [0.15, 0.2) is 6.10 Å². The van der Waals surface area contributed by atoms with Crippen molar-refractivity contribution in [2.45, 2.75) is 140 Å². The van der Waals surface area contributed by atoms with Gasteiger partial charge in [0.05, 0.1) is 44.9 Å². The molecule has 2 aromatic carbocycles. The Morgan fingerprint density at radius 2 is 1.70 bits per heavy atom. The van der Waals surface area contributed by atoms with Crippen molar-refractivity contribution in [2.75, 3.05) is 6.61 Å². The van der Waals surface area contributed by atoms with Gasteiger partial charge in [0.2, 0.25) is 6.29 Å².